The summed E-state index contributed by atoms with van der Waals surface area (Å²) < 4.78 is 0.686. The standard InChI is InChI=1S/C14H10BrClN2O3/c1-8-2-4-11(15)12(6-8)17-14(19)10-7-9(16)3-5-13(10)18(20)21/h2-7H,1H3,(H,17,19). The molecule has 5 nitrogen and oxygen atoms in total. The van der Waals surface area contributed by atoms with Crippen LogP contribution in [-0.4, -0.2) is 10.8 Å². The van der Waals surface area contributed by atoms with Gasteiger partial charge >= 0.3 is 0 Å². The Morgan fingerprint density at radius 2 is 2.00 bits per heavy atom. The zero-order chi connectivity index (χ0) is 15.6. The first kappa shape index (κ1) is 15.5. The van der Waals surface area contributed by atoms with Crippen molar-refractivity contribution in [2.24, 2.45) is 0 Å². The van der Waals surface area contributed by atoms with Crippen LogP contribution in [0.4, 0.5) is 11.4 Å². The van der Waals surface area contributed by atoms with Gasteiger partial charge in [0.1, 0.15) is 5.56 Å². The molecule has 0 saturated carbocycles. The molecular formula is C14H10BrClN2O3. The molecule has 1 amide bonds. The molecule has 7 heteroatoms. The molecule has 0 fully saturated rings. The number of nitrogens with zero attached hydrogens (tertiary/aromatic N) is 1. The third-order valence-electron chi connectivity index (χ3n) is 2.77. The smallest absolute Gasteiger partial charge is 0.282 e. The van der Waals surface area contributed by atoms with Crippen molar-refractivity contribution in [3.63, 3.8) is 0 Å². The highest BCUT2D eigenvalue weighted by atomic mass is 79.9. The number of nitro benzene ring substituents is 1. The SMILES string of the molecule is Cc1ccc(Br)c(NC(=O)c2cc(Cl)ccc2[N+](=O)[O-])c1. The minimum Gasteiger partial charge on any atom is -0.321 e. The minimum atomic E-state index is -0.615. The molecule has 0 heterocycles. The van der Waals surface area contributed by atoms with Crippen LogP contribution in [0.5, 0.6) is 0 Å². The highest BCUT2D eigenvalue weighted by Gasteiger charge is 2.21. The predicted molar refractivity (Wildman–Crippen MR) is 84.9 cm³/mol. The van der Waals surface area contributed by atoms with Crippen molar-refractivity contribution in [3.05, 3.63) is 67.1 Å². The van der Waals surface area contributed by atoms with Crippen LogP contribution < -0.4 is 5.32 Å². The summed E-state index contributed by atoms with van der Waals surface area (Å²) in [5.74, 6) is -0.587. The Kier molecular flexibility index (Phi) is 4.59. The number of hydrogen-bond acceptors (Lipinski definition) is 3. The summed E-state index contributed by atoms with van der Waals surface area (Å²) in [5.41, 5.74) is 1.12. The molecular weight excluding hydrogens is 360 g/mol. The van der Waals surface area contributed by atoms with Gasteiger partial charge in [-0.25, -0.2) is 0 Å². The van der Waals surface area contributed by atoms with E-state index in [0.717, 1.165) is 5.56 Å². The summed E-state index contributed by atoms with van der Waals surface area (Å²) in [6, 6.07) is 9.29. The minimum absolute atomic E-state index is 0.0825. The van der Waals surface area contributed by atoms with E-state index in [0.29, 0.717) is 10.2 Å². The lowest BCUT2D eigenvalue weighted by Gasteiger charge is -2.09. The lowest BCUT2D eigenvalue weighted by atomic mass is 10.1. The van der Waals surface area contributed by atoms with E-state index < -0.39 is 10.8 Å². The Morgan fingerprint density at radius 1 is 1.29 bits per heavy atom. The van der Waals surface area contributed by atoms with Gasteiger partial charge < -0.3 is 5.32 Å². The number of carbonyl (C=O) groups is 1. The first-order chi connectivity index (χ1) is 9.88. The second kappa shape index (κ2) is 6.24. The molecule has 0 atom stereocenters. The zero-order valence-corrected chi connectivity index (χ0v) is 13.2. The van der Waals surface area contributed by atoms with Crippen LogP contribution in [0.2, 0.25) is 5.02 Å². The monoisotopic (exact) mass is 368 g/mol. The van der Waals surface area contributed by atoms with Gasteiger partial charge in [-0.3, -0.25) is 14.9 Å². The Bertz CT molecular complexity index is 734. The summed E-state index contributed by atoms with van der Waals surface area (Å²) >= 11 is 9.13. The average molecular weight is 370 g/mol. The highest BCUT2D eigenvalue weighted by Crippen LogP contribution is 2.27. The molecule has 1 N–H and O–H groups in total. The average Bonchev–Trinajstić information content (AvgIpc) is 2.42. The number of benzene rings is 2. The Labute approximate surface area is 134 Å². The topological polar surface area (TPSA) is 72.2 Å². The van der Waals surface area contributed by atoms with E-state index >= 15 is 0 Å². The summed E-state index contributed by atoms with van der Waals surface area (Å²) in [4.78, 5) is 22.6. The molecule has 21 heavy (non-hydrogen) atoms. The maximum Gasteiger partial charge on any atom is 0.282 e. The van der Waals surface area contributed by atoms with Gasteiger partial charge in [-0.15, -0.1) is 0 Å². The van der Waals surface area contributed by atoms with E-state index in [-0.39, 0.29) is 16.3 Å². The molecule has 0 aliphatic rings. The van der Waals surface area contributed by atoms with Gasteiger partial charge in [0.05, 0.1) is 10.6 Å². The van der Waals surface area contributed by atoms with Crippen LogP contribution in [0.15, 0.2) is 40.9 Å². The molecule has 2 aromatic carbocycles. The number of hydrogen-bond donors (Lipinski definition) is 1. The Morgan fingerprint density at radius 3 is 2.67 bits per heavy atom. The van der Waals surface area contributed by atoms with Gasteiger partial charge in [-0.05, 0) is 52.7 Å². The number of anilines is 1. The lowest BCUT2D eigenvalue weighted by molar-refractivity contribution is -0.385. The molecule has 2 rings (SSSR count). The van der Waals surface area contributed by atoms with Crippen molar-refractivity contribution >= 4 is 44.8 Å². The van der Waals surface area contributed by atoms with Crippen LogP contribution in [0.1, 0.15) is 15.9 Å². The first-order valence-electron chi connectivity index (χ1n) is 5.90. The predicted octanol–water partition coefficient (Wildman–Crippen LogP) is 4.57. The van der Waals surface area contributed by atoms with E-state index in [1.807, 2.05) is 13.0 Å². The van der Waals surface area contributed by atoms with Gasteiger partial charge in [-0.2, -0.15) is 0 Å². The number of nitrogens with one attached hydrogen (secondary N) is 1. The molecule has 0 aromatic heterocycles. The van der Waals surface area contributed by atoms with Crippen molar-refractivity contribution < 1.29 is 9.72 Å². The third kappa shape index (κ3) is 3.59. The summed E-state index contributed by atoms with van der Waals surface area (Å²) in [6.45, 7) is 1.88. The number of aryl methyl sites for hydroxylation is 1. The Balaban J connectivity index is 2.39. The number of halogens is 2. The van der Waals surface area contributed by atoms with Gasteiger partial charge in [-0.1, -0.05) is 17.7 Å². The Hall–Kier alpha value is -1.92. The fourth-order valence-electron chi connectivity index (χ4n) is 1.77. The van der Waals surface area contributed by atoms with Crippen LogP contribution >= 0.6 is 27.5 Å². The maximum atomic E-state index is 12.3. The molecule has 0 radical (unpaired) electrons. The van der Waals surface area contributed by atoms with Crippen LogP contribution in [0.3, 0.4) is 0 Å². The normalized spacial score (nSPS) is 10.2. The van der Waals surface area contributed by atoms with Crippen molar-refractivity contribution in [1.29, 1.82) is 0 Å². The molecule has 0 saturated heterocycles. The number of amides is 1. The molecule has 2 aromatic rings. The van der Waals surface area contributed by atoms with E-state index in [1.165, 1.54) is 18.2 Å². The fourth-order valence-corrected chi connectivity index (χ4v) is 2.29. The molecule has 0 unspecified atom stereocenters. The van der Waals surface area contributed by atoms with Gasteiger partial charge in [0.25, 0.3) is 11.6 Å². The summed E-state index contributed by atoms with van der Waals surface area (Å²) in [6.07, 6.45) is 0. The molecule has 0 bridgehead atoms. The summed E-state index contributed by atoms with van der Waals surface area (Å²) in [7, 11) is 0. The molecule has 0 aliphatic carbocycles. The van der Waals surface area contributed by atoms with Crippen LogP contribution in [0, 0.1) is 17.0 Å². The van der Waals surface area contributed by atoms with Crippen molar-refractivity contribution in [2.75, 3.05) is 5.32 Å². The second-order valence-corrected chi connectivity index (χ2v) is 5.65. The van der Waals surface area contributed by atoms with Gasteiger partial charge in [0.2, 0.25) is 0 Å². The quantitative estimate of drug-likeness (QED) is 0.636. The van der Waals surface area contributed by atoms with Crippen molar-refractivity contribution in [1.82, 2.24) is 0 Å². The zero-order valence-electron chi connectivity index (χ0n) is 10.9. The summed E-state index contributed by atoms with van der Waals surface area (Å²) in [5, 5.41) is 13.9. The number of carbonyl (C=O) groups excluding carboxylic acids is 1. The number of rotatable bonds is 3. The van der Waals surface area contributed by atoms with Crippen LogP contribution in [0.25, 0.3) is 0 Å². The molecule has 0 spiro atoms. The van der Waals surface area contributed by atoms with Crippen LogP contribution in [-0.2, 0) is 0 Å². The lowest BCUT2D eigenvalue weighted by Crippen LogP contribution is -2.14. The van der Waals surface area contributed by atoms with E-state index in [9.17, 15) is 14.9 Å². The van der Waals surface area contributed by atoms with Gasteiger partial charge in [0.15, 0.2) is 0 Å². The van der Waals surface area contributed by atoms with E-state index in [4.69, 9.17) is 11.6 Å². The highest BCUT2D eigenvalue weighted by molar-refractivity contribution is 9.10. The van der Waals surface area contributed by atoms with E-state index in [1.54, 1.807) is 12.1 Å². The maximum absolute atomic E-state index is 12.3. The second-order valence-electron chi connectivity index (χ2n) is 4.36. The van der Waals surface area contributed by atoms with Gasteiger partial charge in [0, 0.05) is 15.6 Å². The third-order valence-corrected chi connectivity index (χ3v) is 3.70. The van der Waals surface area contributed by atoms with Crippen molar-refractivity contribution in [2.45, 2.75) is 6.92 Å². The van der Waals surface area contributed by atoms with Crippen molar-refractivity contribution in [3.8, 4) is 0 Å². The molecule has 0 aliphatic heterocycles. The molecule has 108 valence electrons. The first-order valence-corrected chi connectivity index (χ1v) is 7.07. The van der Waals surface area contributed by atoms with E-state index in [2.05, 4.69) is 21.2 Å². The fraction of sp³-hybridized carbons (Fsp3) is 0.0714. The largest absolute Gasteiger partial charge is 0.321 e. The number of nitro groups is 1.